The van der Waals surface area contributed by atoms with Gasteiger partial charge in [-0.15, -0.1) is 0 Å². The van der Waals surface area contributed by atoms with E-state index in [4.69, 9.17) is 9.57 Å². The van der Waals surface area contributed by atoms with Gasteiger partial charge in [-0.2, -0.15) is 0 Å². The minimum atomic E-state index is -0.619. The highest BCUT2D eigenvalue weighted by Crippen LogP contribution is 2.34. The topological polar surface area (TPSA) is 91.0 Å². The van der Waals surface area contributed by atoms with Crippen LogP contribution in [0.2, 0.25) is 0 Å². The number of nitrogens with zero attached hydrogens (tertiary/aromatic N) is 2. The number of carbonyl (C=O) groups excluding carboxylic acids is 1. The standard InChI is InChI=1S/C12H12N2O5/c1-7-10(12(15)18-2)11(19-13-7)8-3-5-9(6-4-8)14(16)17/h3-6,10-11H,1-2H3/t10-,11?/m0/s1. The Morgan fingerprint density at radius 3 is 2.58 bits per heavy atom. The first kappa shape index (κ1) is 13.0. The summed E-state index contributed by atoms with van der Waals surface area (Å²) in [7, 11) is 1.29. The normalized spacial score (nSPS) is 21.5. The van der Waals surface area contributed by atoms with Crippen LogP contribution in [-0.2, 0) is 14.4 Å². The smallest absolute Gasteiger partial charge is 0.318 e. The van der Waals surface area contributed by atoms with Gasteiger partial charge >= 0.3 is 5.97 Å². The van der Waals surface area contributed by atoms with Gasteiger partial charge in [0.05, 0.1) is 17.7 Å². The summed E-state index contributed by atoms with van der Waals surface area (Å²) in [4.78, 5) is 27.0. The lowest BCUT2D eigenvalue weighted by Gasteiger charge is -2.15. The van der Waals surface area contributed by atoms with Crippen molar-refractivity contribution in [1.29, 1.82) is 0 Å². The van der Waals surface area contributed by atoms with Crippen molar-refractivity contribution < 1.29 is 19.3 Å². The number of nitro benzene ring substituents is 1. The molecule has 1 heterocycles. The van der Waals surface area contributed by atoms with Crippen molar-refractivity contribution in [3.8, 4) is 0 Å². The summed E-state index contributed by atoms with van der Waals surface area (Å²) >= 11 is 0. The summed E-state index contributed by atoms with van der Waals surface area (Å²) in [5.41, 5.74) is 1.14. The number of rotatable bonds is 3. The van der Waals surface area contributed by atoms with Gasteiger partial charge in [0.2, 0.25) is 0 Å². The monoisotopic (exact) mass is 264 g/mol. The Balaban J connectivity index is 2.26. The van der Waals surface area contributed by atoms with Crippen LogP contribution in [0.25, 0.3) is 0 Å². The molecule has 100 valence electrons. The quantitative estimate of drug-likeness (QED) is 0.472. The van der Waals surface area contributed by atoms with E-state index in [1.807, 2.05) is 0 Å². The molecule has 0 amide bonds. The largest absolute Gasteiger partial charge is 0.468 e. The maximum absolute atomic E-state index is 11.7. The van der Waals surface area contributed by atoms with Gasteiger partial charge in [-0.3, -0.25) is 14.9 Å². The molecule has 7 heteroatoms. The minimum absolute atomic E-state index is 0.0194. The fourth-order valence-corrected chi connectivity index (χ4v) is 1.94. The van der Waals surface area contributed by atoms with Gasteiger partial charge < -0.3 is 9.57 Å². The van der Waals surface area contributed by atoms with E-state index in [1.165, 1.54) is 19.2 Å². The molecule has 0 N–H and O–H groups in total. The van der Waals surface area contributed by atoms with E-state index in [0.717, 1.165) is 0 Å². The van der Waals surface area contributed by atoms with Crippen LogP contribution in [0, 0.1) is 16.0 Å². The fraction of sp³-hybridized carbons (Fsp3) is 0.333. The highest BCUT2D eigenvalue weighted by Gasteiger charge is 2.39. The Kier molecular flexibility index (Phi) is 3.46. The van der Waals surface area contributed by atoms with Crippen molar-refractivity contribution in [2.75, 3.05) is 7.11 Å². The molecule has 1 aliphatic heterocycles. The van der Waals surface area contributed by atoms with E-state index in [9.17, 15) is 14.9 Å². The van der Waals surface area contributed by atoms with Gasteiger partial charge in [0.25, 0.3) is 5.69 Å². The molecule has 1 aromatic rings. The number of hydrogen-bond acceptors (Lipinski definition) is 6. The Labute approximate surface area is 109 Å². The zero-order valence-corrected chi connectivity index (χ0v) is 10.4. The lowest BCUT2D eigenvalue weighted by atomic mass is 9.93. The third-order valence-corrected chi connectivity index (χ3v) is 2.95. The summed E-state index contributed by atoms with van der Waals surface area (Å²) in [5, 5.41) is 14.4. The van der Waals surface area contributed by atoms with Gasteiger partial charge in [-0.25, -0.2) is 0 Å². The molecule has 1 aromatic carbocycles. The number of methoxy groups -OCH3 is 1. The van der Waals surface area contributed by atoms with Crippen LogP contribution in [0.15, 0.2) is 29.4 Å². The van der Waals surface area contributed by atoms with Crippen molar-refractivity contribution >= 4 is 17.4 Å². The Morgan fingerprint density at radius 1 is 1.42 bits per heavy atom. The number of carbonyl (C=O) groups is 1. The third-order valence-electron chi connectivity index (χ3n) is 2.95. The highest BCUT2D eigenvalue weighted by molar-refractivity contribution is 6.02. The summed E-state index contributed by atoms with van der Waals surface area (Å²) in [5.74, 6) is -1.06. The van der Waals surface area contributed by atoms with Crippen molar-refractivity contribution in [2.24, 2.45) is 11.1 Å². The number of nitro groups is 1. The molecular weight excluding hydrogens is 252 g/mol. The predicted octanol–water partition coefficient (Wildman–Crippen LogP) is 1.83. The number of ether oxygens (including phenoxy) is 1. The number of non-ortho nitro benzene ring substituents is 1. The first-order valence-electron chi connectivity index (χ1n) is 5.57. The second-order valence-corrected chi connectivity index (χ2v) is 4.11. The van der Waals surface area contributed by atoms with Crippen molar-refractivity contribution in [3.05, 3.63) is 39.9 Å². The van der Waals surface area contributed by atoms with Crippen LogP contribution in [0.5, 0.6) is 0 Å². The molecule has 0 saturated carbocycles. The number of benzene rings is 1. The molecular formula is C12H12N2O5. The van der Waals surface area contributed by atoms with Crippen molar-refractivity contribution in [2.45, 2.75) is 13.0 Å². The van der Waals surface area contributed by atoms with Gasteiger partial charge in [0, 0.05) is 12.1 Å². The molecule has 0 fully saturated rings. The molecule has 0 spiro atoms. The Morgan fingerprint density at radius 2 is 2.05 bits per heavy atom. The third kappa shape index (κ3) is 2.40. The van der Waals surface area contributed by atoms with E-state index in [0.29, 0.717) is 11.3 Å². The van der Waals surface area contributed by atoms with Crippen LogP contribution < -0.4 is 0 Å². The number of esters is 1. The lowest BCUT2D eigenvalue weighted by molar-refractivity contribution is -0.384. The molecule has 1 aliphatic rings. The maximum atomic E-state index is 11.7. The number of oxime groups is 1. The summed E-state index contributed by atoms with van der Waals surface area (Å²) in [6.07, 6.45) is -0.603. The summed E-state index contributed by atoms with van der Waals surface area (Å²) in [6.45, 7) is 1.67. The van der Waals surface area contributed by atoms with E-state index < -0.39 is 22.9 Å². The molecule has 2 rings (SSSR count). The molecule has 0 aromatic heterocycles. The molecule has 19 heavy (non-hydrogen) atoms. The van der Waals surface area contributed by atoms with E-state index in [1.54, 1.807) is 19.1 Å². The average molecular weight is 264 g/mol. The predicted molar refractivity (Wildman–Crippen MR) is 65.5 cm³/mol. The zero-order chi connectivity index (χ0) is 14.0. The van der Waals surface area contributed by atoms with Crippen molar-refractivity contribution in [1.82, 2.24) is 0 Å². The Bertz CT molecular complexity index is 538. The maximum Gasteiger partial charge on any atom is 0.318 e. The van der Waals surface area contributed by atoms with Gasteiger partial charge in [0.15, 0.2) is 6.10 Å². The van der Waals surface area contributed by atoms with E-state index in [2.05, 4.69) is 5.16 Å². The zero-order valence-electron chi connectivity index (χ0n) is 10.4. The van der Waals surface area contributed by atoms with E-state index >= 15 is 0 Å². The first-order chi connectivity index (χ1) is 9.04. The second kappa shape index (κ2) is 5.05. The summed E-state index contributed by atoms with van der Waals surface area (Å²) < 4.78 is 4.71. The van der Waals surface area contributed by atoms with E-state index in [-0.39, 0.29) is 5.69 Å². The Hall–Kier alpha value is -2.44. The van der Waals surface area contributed by atoms with Crippen LogP contribution in [0.4, 0.5) is 5.69 Å². The van der Waals surface area contributed by atoms with Crippen LogP contribution in [-0.4, -0.2) is 23.7 Å². The molecule has 1 unspecified atom stereocenters. The minimum Gasteiger partial charge on any atom is -0.468 e. The lowest BCUT2D eigenvalue weighted by Crippen LogP contribution is -2.26. The van der Waals surface area contributed by atoms with Crippen LogP contribution in [0.3, 0.4) is 0 Å². The average Bonchev–Trinajstić information content (AvgIpc) is 2.80. The number of hydrogen-bond donors (Lipinski definition) is 0. The fourth-order valence-electron chi connectivity index (χ4n) is 1.94. The molecule has 0 radical (unpaired) electrons. The first-order valence-corrected chi connectivity index (χ1v) is 5.57. The van der Waals surface area contributed by atoms with Crippen molar-refractivity contribution in [3.63, 3.8) is 0 Å². The highest BCUT2D eigenvalue weighted by atomic mass is 16.6. The molecule has 0 aliphatic carbocycles. The molecule has 0 saturated heterocycles. The van der Waals surface area contributed by atoms with Crippen LogP contribution >= 0.6 is 0 Å². The molecule has 0 bridgehead atoms. The van der Waals surface area contributed by atoms with Gasteiger partial charge in [0.1, 0.15) is 5.92 Å². The van der Waals surface area contributed by atoms with Gasteiger partial charge in [-0.05, 0) is 24.6 Å². The van der Waals surface area contributed by atoms with Crippen LogP contribution in [0.1, 0.15) is 18.6 Å². The molecule has 2 atom stereocenters. The van der Waals surface area contributed by atoms with Gasteiger partial charge in [-0.1, -0.05) is 5.16 Å². The second-order valence-electron chi connectivity index (χ2n) is 4.11. The SMILES string of the molecule is COC(=O)[C@H]1C(C)=NOC1c1ccc([N+](=O)[O-])cc1. The molecule has 7 nitrogen and oxygen atoms in total. The summed E-state index contributed by atoms with van der Waals surface area (Å²) in [6, 6.07) is 5.82.